The number of hydrogen-bond donors (Lipinski definition) is 0. The van der Waals surface area contributed by atoms with Crippen molar-refractivity contribution in [2.24, 2.45) is 0 Å². The summed E-state index contributed by atoms with van der Waals surface area (Å²) in [6.07, 6.45) is 6.43. The molecule has 9 aromatic carbocycles. The number of thiophene rings is 1. The predicted octanol–water partition coefficient (Wildman–Crippen LogP) is 17.6. The first-order valence-corrected chi connectivity index (χ1v) is 22.5. The molecule has 0 N–H and O–H groups in total. The maximum absolute atomic E-state index is 6.75. The van der Waals surface area contributed by atoms with E-state index in [9.17, 15) is 0 Å². The van der Waals surface area contributed by atoms with Gasteiger partial charge < -0.3 is 9.32 Å². The van der Waals surface area contributed by atoms with Crippen LogP contribution in [0.5, 0.6) is 0 Å². The van der Waals surface area contributed by atoms with Gasteiger partial charge in [0.25, 0.3) is 0 Å². The molecule has 1 aliphatic carbocycles. The van der Waals surface area contributed by atoms with E-state index in [4.69, 9.17) is 4.42 Å². The number of furan rings is 1. The second kappa shape index (κ2) is 15.0. The third-order valence-electron chi connectivity index (χ3n) is 13.1. The number of para-hydroxylation sites is 5. The molecular formula is C58H43NOS. The van der Waals surface area contributed by atoms with Crippen molar-refractivity contribution in [1.29, 1.82) is 0 Å². The topological polar surface area (TPSA) is 16.4 Å². The summed E-state index contributed by atoms with van der Waals surface area (Å²) in [5.74, 6) is 0.564. The van der Waals surface area contributed by atoms with Crippen LogP contribution in [0.15, 0.2) is 199 Å². The number of nitrogens with zero attached hydrogens (tertiary/aromatic N) is 1. The average molecular weight is 802 g/mol. The van der Waals surface area contributed by atoms with Crippen molar-refractivity contribution in [2.75, 3.05) is 4.90 Å². The molecule has 3 heteroatoms. The number of hydrogen-bond acceptors (Lipinski definition) is 3. The molecule has 1 fully saturated rings. The highest BCUT2D eigenvalue weighted by Gasteiger charge is 2.27. The summed E-state index contributed by atoms with van der Waals surface area (Å²) >= 11 is 1.88. The predicted molar refractivity (Wildman–Crippen MR) is 261 cm³/mol. The summed E-state index contributed by atoms with van der Waals surface area (Å²) in [7, 11) is 0. The van der Waals surface area contributed by atoms with Crippen LogP contribution in [0.1, 0.15) is 43.6 Å². The molecule has 2 aromatic heterocycles. The van der Waals surface area contributed by atoms with E-state index in [2.05, 4.69) is 199 Å². The van der Waals surface area contributed by atoms with Crippen molar-refractivity contribution < 1.29 is 4.42 Å². The van der Waals surface area contributed by atoms with Crippen LogP contribution in [0.4, 0.5) is 17.1 Å². The van der Waals surface area contributed by atoms with Crippen LogP contribution < -0.4 is 4.90 Å². The van der Waals surface area contributed by atoms with Crippen LogP contribution in [-0.4, -0.2) is 0 Å². The summed E-state index contributed by atoms with van der Waals surface area (Å²) in [5, 5.41) is 7.53. The lowest BCUT2D eigenvalue weighted by Gasteiger charge is -2.32. The van der Waals surface area contributed by atoms with Gasteiger partial charge in [0.2, 0.25) is 0 Å². The quantitative estimate of drug-likeness (QED) is 0.160. The van der Waals surface area contributed by atoms with E-state index in [-0.39, 0.29) is 0 Å². The lowest BCUT2D eigenvalue weighted by atomic mass is 9.80. The van der Waals surface area contributed by atoms with Gasteiger partial charge in [-0.2, -0.15) is 0 Å². The minimum Gasteiger partial charge on any atom is -0.455 e. The van der Waals surface area contributed by atoms with Gasteiger partial charge in [-0.3, -0.25) is 0 Å². The molecule has 0 aliphatic heterocycles. The summed E-state index contributed by atoms with van der Waals surface area (Å²) in [6, 6.07) is 71.5. The Kier molecular flexibility index (Phi) is 8.82. The fourth-order valence-corrected chi connectivity index (χ4v) is 11.6. The van der Waals surface area contributed by atoms with Gasteiger partial charge in [-0.25, -0.2) is 0 Å². The monoisotopic (exact) mass is 801 g/mol. The Morgan fingerprint density at radius 1 is 0.410 bits per heavy atom. The molecule has 11 aromatic rings. The minimum atomic E-state index is 0.564. The molecule has 12 rings (SSSR count). The van der Waals surface area contributed by atoms with Crippen LogP contribution >= 0.6 is 11.3 Å². The molecule has 2 nitrogen and oxygen atoms in total. The van der Waals surface area contributed by atoms with Crippen molar-refractivity contribution in [3.63, 3.8) is 0 Å². The number of rotatable bonds is 7. The third kappa shape index (κ3) is 5.98. The smallest absolute Gasteiger partial charge is 0.143 e. The summed E-state index contributed by atoms with van der Waals surface area (Å²) in [5.41, 5.74) is 13.7. The largest absolute Gasteiger partial charge is 0.455 e. The minimum absolute atomic E-state index is 0.564. The van der Waals surface area contributed by atoms with Gasteiger partial charge in [-0.15, -0.1) is 11.3 Å². The van der Waals surface area contributed by atoms with Crippen LogP contribution in [0.25, 0.3) is 86.3 Å². The molecule has 0 unspecified atom stereocenters. The first-order valence-electron chi connectivity index (χ1n) is 21.7. The number of benzene rings is 9. The molecule has 61 heavy (non-hydrogen) atoms. The summed E-state index contributed by atoms with van der Waals surface area (Å²) in [4.78, 5) is 2.54. The normalized spacial score (nSPS) is 13.5. The SMILES string of the molecule is c1ccc(N(c2ccccc2-c2cccc3c2sc2ccccc23)c2ccccc2-c2cccc3cccc(C4CCCCC4)c23)c(-c2cccc3c2oc2ccccc23)c1. The van der Waals surface area contributed by atoms with E-state index in [1.165, 1.54) is 90.9 Å². The Morgan fingerprint density at radius 2 is 0.934 bits per heavy atom. The van der Waals surface area contributed by atoms with E-state index in [0.717, 1.165) is 50.1 Å². The zero-order valence-electron chi connectivity index (χ0n) is 33.9. The Bertz CT molecular complexity index is 3270. The van der Waals surface area contributed by atoms with Crippen molar-refractivity contribution in [3.8, 4) is 33.4 Å². The van der Waals surface area contributed by atoms with Gasteiger partial charge in [-0.1, -0.05) is 183 Å². The zero-order valence-corrected chi connectivity index (χ0v) is 34.7. The van der Waals surface area contributed by atoms with E-state index in [1.807, 2.05) is 11.3 Å². The Balaban J connectivity index is 1.15. The van der Waals surface area contributed by atoms with Gasteiger partial charge in [0.15, 0.2) is 0 Å². The molecule has 292 valence electrons. The van der Waals surface area contributed by atoms with Gasteiger partial charge in [0, 0.05) is 58.8 Å². The van der Waals surface area contributed by atoms with Crippen molar-refractivity contribution in [3.05, 3.63) is 200 Å². The van der Waals surface area contributed by atoms with E-state index in [0.29, 0.717) is 5.92 Å². The molecule has 1 saturated carbocycles. The first-order chi connectivity index (χ1) is 30.3. The molecule has 0 radical (unpaired) electrons. The third-order valence-corrected chi connectivity index (χ3v) is 14.3. The van der Waals surface area contributed by atoms with E-state index >= 15 is 0 Å². The lowest BCUT2D eigenvalue weighted by Crippen LogP contribution is -2.14. The van der Waals surface area contributed by atoms with Crippen LogP contribution in [-0.2, 0) is 0 Å². The molecule has 0 amide bonds. The van der Waals surface area contributed by atoms with Crippen LogP contribution in [0.2, 0.25) is 0 Å². The zero-order chi connectivity index (χ0) is 40.3. The Morgan fingerprint density at radius 3 is 1.69 bits per heavy atom. The average Bonchev–Trinajstić information content (AvgIpc) is 3.91. The fourth-order valence-electron chi connectivity index (χ4n) is 10.3. The fraction of sp³-hybridized carbons (Fsp3) is 0.103. The molecule has 0 atom stereocenters. The number of fused-ring (bicyclic) bond motifs is 7. The van der Waals surface area contributed by atoms with Gasteiger partial charge in [0.05, 0.1) is 17.1 Å². The lowest BCUT2D eigenvalue weighted by molar-refractivity contribution is 0.445. The molecule has 2 heterocycles. The molecule has 0 bridgehead atoms. The van der Waals surface area contributed by atoms with Crippen molar-refractivity contribution >= 4 is 81.3 Å². The molecule has 1 aliphatic rings. The standard InChI is InChI=1S/C58H43NOS/c1-2-18-38(19-3-1)40-27-14-20-39-21-15-28-46(56(39)40)41-22-4-9-33-51(41)59(52-34-10-5-23-42(52)47-29-16-30-48-44-25-7-12-36-54(44)60-57(47)48)53-35-11-6-24-43(53)49-31-17-32-50-45-26-8-13-37-55(45)61-58(49)50/h4-17,20-38H,1-3,18-19H2. The maximum atomic E-state index is 6.75. The first kappa shape index (κ1) is 36.0. The van der Waals surface area contributed by atoms with Crippen LogP contribution in [0, 0.1) is 0 Å². The second-order valence-electron chi connectivity index (χ2n) is 16.5. The van der Waals surface area contributed by atoms with Crippen molar-refractivity contribution in [2.45, 2.75) is 38.0 Å². The summed E-state index contributed by atoms with van der Waals surface area (Å²) in [6.45, 7) is 0. The molecule has 0 spiro atoms. The summed E-state index contributed by atoms with van der Waals surface area (Å²) < 4.78 is 9.36. The molecular weight excluding hydrogens is 759 g/mol. The maximum Gasteiger partial charge on any atom is 0.143 e. The van der Waals surface area contributed by atoms with Gasteiger partial charge in [0.1, 0.15) is 11.2 Å². The van der Waals surface area contributed by atoms with Crippen molar-refractivity contribution in [1.82, 2.24) is 0 Å². The highest BCUT2D eigenvalue weighted by molar-refractivity contribution is 7.26. The molecule has 0 saturated heterocycles. The Labute approximate surface area is 360 Å². The van der Waals surface area contributed by atoms with E-state index < -0.39 is 0 Å². The van der Waals surface area contributed by atoms with Gasteiger partial charge >= 0.3 is 0 Å². The second-order valence-corrected chi connectivity index (χ2v) is 17.6. The van der Waals surface area contributed by atoms with E-state index in [1.54, 1.807) is 0 Å². The van der Waals surface area contributed by atoms with Crippen LogP contribution in [0.3, 0.4) is 0 Å². The Hall–Kier alpha value is -6.94. The van der Waals surface area contributed by atoms with Gasteiger partial charge in [-0.05, 0) is 71.0 Å². The highest BCUT2D eigenvalue weighted by atomic mass is 32.1. The highest BCUT2D eigenvalue weighted by Crippen LogP contribution is 2.52. The number of anilines is 3.